The van der Waals surface area contributed by atoms with E-state index in [0.717, 1.165) is 27.6 Å². The zero-order valence-electron chi connectivity index (χ0n) is 16.1. The van der Waals surface area contributed by atoms with E-state index in [-0.39, 0.29) is 0 Å². The highest BCUT2D eigenvalue weighted by Gasteiger charge is 2.22. The predicted octanol–water partition coefficient (Wildman–Crippen LogP) is 5.98. The van der Waals surface area contributed by atoms with Gasteiger partial charge in [0.15, 0.2) is 0 Å². The standard InChI is InChI=1S/C24H20Cl2N2O2/c25-18-10-8-16(9-11-18)15-28-22-7-2-1-6-20(22)21(23(28)24(29)30)14-27-13-17-4-3-5-19(26)12-17/h1-12,27H,13-15H2,(H,29,30). The topological polar surface area (TPSA) is 54.3 Å². The highest BCUT2D eigenvalue weighted by molar-refractivity contribution is 6.30. The lowest BCUT2D eigenvalue weighted by atomic mass is 10.1. The summed E-state index contributed by atoms with van der Waals surface area (Å²) >= 11 is 12.1. The number of aromatic nitrogens is 1. The van der Waals surface area contributed by atoms with Crippen molar-refractivity contribution in [1.82, 2.24) is 9.88 Å². The first-order chi connectivity index (χ1) is 14.5. The number of para-hydroxylation sites is 1. The van der Waals surface area contributed by atoms with Gasteiger partial charge in [-0.1, -0.05) is 65.7 Å². The molecule has 4 aromatic rings. The van der Waals surface area contributed by atoms with Crippen LogP contribution in [-0.2, 0) is 19.6 Å². The summed E-state index contributed by atoms with van der Waals surface area (Å²) in [5, 5.41) is 15.7. The summed E-state index contributed by atoms with van der Waals surface area (Å²) in [7, 11) is 0. The molecule has 0 atom stereocenters. The van der Waals surface area contributed by atoms with Crippen LogP contribution < -0.4 is 5.32 Å². The number of halogens is 2. The van der Waals surface area contributed by atoms with E-state index in [2.05, 4.69) is 5.32 Å². The molecule has 0 amide bonds. The maximum absolute atomic E-state index is 12.2. The second-order valence-corrected chi connectivity index (χ2v) is 7.97. The molecule has 0 bridgehead atoms. The number of carboxylic acid groups (broad SMARTS) is 1. The highest BCUT2D eigenvalue weighted by atomic mass is 35.5. The lowest BCUT2D eigenvalue weighted by Gasteiger charge is -2.10. The van der Waals surface area contributed by atoms with Crippen LogP contribution in [-0.4, -0.2) is 15.6 Å². The first-order valence-electron chi connectivity index (χ1n) is 9.56. The van der Waals surface area contributed by atoms with Crippen LogP contribution in [0.5, 0.6) is 0 Å². The summed E-state index contributed by atoms with van der Waals surface area (Å²) in [4.78, 5) is 12.2. The Labute approximate surface area is 184 Å². The Morgan fingerprint density at radius 1 is 0.867 bits per heavy atom. The molecule has 2 N–H and O–H groups in total. The summed E-state index contributed by atoms with van der Waals surface area (Å²) in [5.41, 5.74) is 3.99. The van der Waals surface area contributed by atoms with Crippen LogP contribution in [0.25, 0.3) is 10.9 Å². The van der Waals surface area contributed by atoms with Crippen molar-refractivity contribution in [3.05, 3.63) is 105 Å². The number of rotatable bonds is 7. The van der Waals surface area contributed by atoms with Gasteiger partial charge >= 0.3 is 5.97 Å². The van der Waals surface area contributed by atoms with Crippen LogP contribution in [0.2, 0.25) is 10.0 Å². The normalized spacial score (nSPS) is 11.1. The molecule has 0 aliphatic rings. The monoisotopic (exact) mass is 438 g/mol. The first-order valence-corrected chi connectivity index (χ1v) is 10.3. The average molecular weight is 439 g/mol. The lowest BCUT2D eigenvalue weighted by Crippen LogP contribution is -2.17. The maximum Gasteiger partial charge on any atom is 0.352 e. The van der Waals surface area contributed by atoms with Crippen LogP contribution in [0.1, 0.15) is 27.2 Å². The molecule has 0 saturated heterocycles. The zero-order chi connectivity index (χ0) is 21.1. The van der Waals surface area contributed by atoms with Gasteiger partial charge in [-0.25, -0.2) is 4.79 Å². The van der Waals surface area contributed by atoms with Gasteiger partial charge in [0, 0.05) is 46.1 Å². The van der Waals surface area contributed by atoms with Gasteiger partial charge in [-0.2, -0.15) is 0 Å². The molecule has 0 aliphatic carbocycles. The summed E-state index contributed by atoms with van der Waals surface area (Å²) in [5.74, 6) is -0.945. The van der Waals surface area contributed by atoms with Gasteiger partial charge in [0.05, 0.1) is 0 Å². The van der Waals surface area contributed by atoms with E-state index >= 15 is 0 Å². The number of aromatic carboxylic acids is 1. The number of benzene rings is 3. The molecule has 0 saturated carbocycles. The van der Waals surface area contributed by atoms with E-state index < -0.39 is 5.97 Å². The molecule has 0 spiro atoms. The fourth-order valence-corrected chi connectivity index (χ4v) is 4.05. The van der Waals surface area contributed by atoms with E-state index in [0.29, 0.717) is 35.4 Å². The van der Waals surface area contributed by atoms with Crippen molar-refractivity contribution in [2.75, 3.05) is 0 Å². The molecule has 0 radical (unpaired) electrons. The summed E-state index contributed by atoms with van der Waals surface area (Å²) in [6, 6.07) is 22.9. The van der Waals surface area contributed by atoms with Crippen molar-refractivity contribution in [2.45, 2.75) is 19.6 Å². The van der Waals surface area contributed by atoms with Gasteiger partial charge < -0.3 is 15.0 Å². The SMILES string of the molecule is O=C(O)c1c(CNCc2cccc(Cl)c2)c2ccccc2n1Cc1ccc(Cl)cc1. The predicted molar refractivity (Wildman–Crippen MR) is 121 cm³/mol. The number of nitrogens with zero attached hydrogens (tertiary/aromatic N) is 1. The zero-order valence-corrected chi connectivity index (χ0v) is 17.6. The fourth-order valence-electron chi connectivity index (χ4n) is 3.71. The van der Waals surface area contributed by atoms with Crippen molar-refractivity contribution >= 4 is 40.1 Å². The average Bonchev–Trinajstić information content (AvgIpc) is 3.04. The Kier molecular flexibility index (Phi) is 6.09. The van der Waals surface area contributed by atoms with E-state index in [1.807, 2.05) is 77.4 Å². The Balaban J connectivity index is 1.68. The number of hydrogen-bond donors (Lipinski definition) is 2. The van der Waals surface area contributed by atoms with Crippen LogP contribution in [0, 0.1) is 0 Å². The third kappa shape index (κ3) is 4.36. The minimum absolute atomic E-state index is 0.296. The molecule has 1 aromatic heterocycles. The number of carboxylic acids is 1. The minimum atomic E-state index is -0.945. The van der Waals surface area contributed by atoms with Gasteiger partial charge in [0.25, 0.3) is 0 Å². The van der Waals surface area contributed by atoms with Crippen molar-refractivity contribution in [1.29, 1.82) is 0 Å². The first kappa shape index (κ1) is 20.5. The Morgan fingerprint density at radius 2 is 1.63 bits per heavy atom. The maximum atomic E-state index is 12.2. The van der Waals surface area contributed by atoms with Crippen molar-refractivity contribution in [2.24, 2.45) is 0 Å². The molecule has 3 aromatic carbocycles. The number of carbonyl (C=O) groups is 1. The molecule has 152 valence electrons. The second-order valence-electron chi connectivity index (χ2n) is 7.10. The molecule has 30 heavy (non-hydrogen) atoms. The molecule has 4 rings (SSSR count). The van der Waals surface area contributed by atoms with Crippen LogP contribution >= 0.6 is 23.2 Å². The van der Waals surface area contributed by atoms with E-state index in [4.69, 9.17) is 23.2 Å². The van der Waals surface area contributed by atoms with Crippen molar-refractivity contribution in [3.63, 3.8) is 0 Å². The van der Waals surface area contributed by atoms with E-state index in [9.17, 15) is 9.90 Å². The molecule has 0 fully saturated rings. The van der Waals surface area contributed by atoms with Crippen LogP contribution in [0.15, 0.2) is 72.8 Å². The Hall–Kier alpha value is -2.79. The molecule has 0 unspecified atom stereocenters. The molecular formula is C24H20Cl2N2O2. The quantitative estimate of drug-likeness (QED) is 0.372. The summed E-state index contributed by atoms with van der Waals surface area (Å²) < 4.78 is 1.86. The summed E-state index contributed by atoms with van der Waals surface area (Å²) in [6.07, 6.45) is 0. The smallest absolute Gasteiger partial charge is 0.352 e. The van der Waals surface area contributed by atoms with Gasteiger partial charge in [-0.3, -0.25) is 0 Å². The number of nitrogens with one attached hydrogen (secondary N) is 1. The summed E-state index contributed by atoms with van der Waals surface area (Å²) in [6.45, 7) is 1.48. The molecule has 4 nitrogen and oxygen atoms in total. The van der Waals surface area contributed by atoms with E-state index in [1.54, 1.807) is 0 Å². The van der Waals surface area contributed by atoms with Crippen molar-refractivity contribution in [3.8, 4) is 0 Å². The number of hydrogen-bond acceptors (Lipinski definition) is 2. The van der Waals surface area contributed by atoms with Crippen LogP contribution in [0.4, 0.5) is 0 Å². The largest absolute Gasteiger partial charge is 0.477 e. The molecule has 6 heteroatoms. The molecular weight excluding hydrogens is 419 g/mol. The van der Waals surface area contributed by atoms with Gasteiger partial charge in [0.2, 0.25) is 0 Å². The van der Waals surface area contributed by atoms with Gasteiger partial charge in [-0.15, -0.1) is 0 Å². The van der Waals surface area contributed by atoms with Gasteiger partial charge in [0.1, 0.15) is 5.69 Å². The Morgan fingerprint density at radius 3 is 2.37 bits per heavy atom. The van der Waals surface area contributed by atoms with Gasteiger partial charge in [-0.05, 0) is 41.5 Å². The van der Waals surface area contributed by atoms with Crippen LogP contribution in [0.3, 0.4) is 0 Å². The number of fused-ring (bicyclic) bond motifs is 1. The molecule has 1 heterocycles. The second kappa shape index (κ2) is 8.92. The molecule has 0 aliphatic heterocycles. The minimum Gasteiger partial charge on any atom is -0.477 e. The van der Waals surface area contributed by atoms with Crippen molar-refractivity contribution < 1.29 is 9.90 Å². The Bertz CT molecular complexity index is 1200. The lowest BCUT2D eigenvalue weighted by molar-refractivity contribution is 0.0685. The highest BCUT2D eigenvalue weighted by Crippen LogP contribution is 2.28. The third-order valence-corrected chi connectivity index (χ3v) is 5.54. The van der Waals surface area contributed by atoms with E-state index in [1.165, 1.54) is 0 Å². The fraction of sp³-hybridized carbons (Fsp3) is 0.125. The third-order valence-electron chi connectivity index (χ3n) is 5.05.